The molecule has 0 saturated carbocycles. The second-order valence-electron chi connectivity index (χ2n) is 6.50. The molecule has 152 valence electrons. The van der Waals surface area contributed by atoms with Crippen LogP contribution in [0, 0.1) is 27.2 Å². The van der Waals surface area contributed by atoms with Gasteiger partial charge in [0, 0.05) is 11.6 Å². The van der Waals surface area contributed by atoms with Crippen molar-refractivity contribution < 1.29 is 14.6 Å². The molecule has 3 aromatic carbocycles. The highest BCUT2D eigenvalue weighted by Crippen LogP contribution is 2.28. The molecule has 1 amide bonds. The molecule has 0 atom stereocenters. The van der Waals surface area contributed by atoms with Crippen molar-refractivity contribution in [2.45, 2.75) is 13.5 Å². The van der Waals surface area contributed by atoms with E-state index in [0.29, 0.717) is 12.2 Å². The molecule has 1 N–H and O–H groups in total. The summed E-state index contributed by atoms with van der Waals surface area (Å²) in [6.07, 6.45) is 0. The average molecular weight is 406 g/mol. The van der Waals surface area contributed by atoms with Gasteiger partial charge in [0.1, 0.15) is 0 Å². The summed E-state index contributed by atoms with van der Waals surface area (Å²) in [5.41, 5.74) is 3.24. The molecule has 0 bridgehead atoms. The highest BCUT2D eigenvalue weighted by atomic mass is 16.6. The summed E-state index contributed by atoms with van der Waals surface area (Å²) in [6.45, 7) is 1.72. The fourth-order valence-corrected chi connectivity index (χ4v) is 2.97. The number of non-ortho nitro benzene ring substituents is 1. The smallest absolute Gasteiger partial charge is 0.279 e. The molecule has 0 heterocycles. The van der Waals surface area contributed by atoms with Crippen LogP contribution in [0.1, 0.15) is 21.5 Å². The van der Waals surface area contributed by atoms with Crippen molar-refractivity contribution in [3.8, 4) is 0 Å². The van der Waals surface area contributed by atoms with Crippen LogP contribution in [-0.2, 0) is 6.54 Å². The summed E-state index contributed by atoms with van der Waals surface area (Å²) >= 11 is 0. The third-order valence-electron chi connectivity index (χ3n) is 4.51. The molecule has 0 saturated heterocycles. The number of nitrogens with one attached hydrogen (secondary N) is 1. The predicted octanol–water partition coefficient (Wildman–Crippen LogP) is 4.16. The number of carbonyl (C=O) groups excluding carboxylic acids is 1. The minimum atomic E-state index is -0.762. The number of hydrogen-bond donors (Lipinski definition) is 1. The lowest BCUT2D eigenvalue weighted by atomic mass is 10.0. The van der Waals surface area contributed by atoms with Crippen molar-refractivity contribution in [1.82, 2.24) is 5.43 Å². The Morgan fingerprint density at radius 1 is 0.933 bits per heavy atom. The average Bonchev–Trinajstić information content (AvgIpc) is 2.74. The third kappa shape index (κ3) is 4.58. The number of nitro benzene ring substituents is 2. The summed E-state index contributed by atoms with van der Waals surface area (Å²) in [5, 5.41) is 24.1. The maximum atomic E-state index is 13.0. The van der Waals surface area contributed by atoms with Gasteiger partial charge in [-0.15, -0.1) is 0 Å². The van der Waals surface area contributed by atoms with E-state index < -0.39 is 27.1 Å². The van der Waals surface area contributed by atoms with Crippen LogP contribution in [0.2, 0.25) is 0 Å². The van der Waals surface area contributed by atoms with Gasteiger partial charge in [-0.25, -0.2) is 0 Å². The largest absolute Gasteiger partial charge is 0.281 e. The SMILES string of the molecule is Cc1c(C(=O)NN(Cc2ccccc2)c2ccccc2)cc([N+](=O)[O-])cc1[N+](=O)[O-]. The van der Waals surface area contributed by atoms with Crippen molar-refractivity contribution in [2.24, 2.45) is 0 Å². The summed E-state index contributed by atoms with van der Waals surface area (Å²) in [7, 11) is 0. The lowest BCUT2D eigenvalue weighted by Crippen LogP contribution is -2.42. The van der Waals surface area contributed by atoms with Crippen molar-refractivity contribution in [1.29, 1.82) is 0 Å². The normalized spacial score (nSPS) is 10.3. The number of hydrogen-bond acceptors (Lipinski definition) is 6. The molecule has 3 rings (SSSR count). The zero-order chi connectivity index (χ0) is 21.7. The molecule has 0 fully saturated rings. The first kappa shape index (κ1) is 20.5. The van der Waals surface area contributed by atoms with Crippen LogP contribution in [-0.4, -0.2) is 15.8 Å². The Labute approximate surface area is 171 Å². The Bertz CT molecular complexity index is 1090. The number of carbonyl (C=O) groups is 1. The second kappa shape index (κ2) is 8.82. The predicted molar refractivity (Wildman–Crippen MR) is 111 cm³/mol. The van der Waals surface area contributed by atoms with Crippen LogP contribution in [0.5, 0.6) is 0 Å². The van der Waals surface area contributed by atoms with Crippen LogP contribution in [0.3, 0.4) is 0 Å². The van der Waals surface area contributed by atoms with Crippen LogP contribution >= 0.6 is 0 Å². The van der Waals surface area contributed by atoms with Gasteiger partial charge in [-0.3, -0.25) is 35.5 Å². The number of nitrogens with zero attached hydrogens (tertiary/aromatic N) is 3. The first-order chi connectivity index (χ1) is 14.4. The quantitative estimate of drug-likeness (QED) is 0.465. The van der Waals surface area contributed by atoms with Crippen molar-refractivity contribution >= 4 is 23.0 Å². The Hall–Kier alpha value is -4.27. The number of hydrazine groups is 1. The Balaban J connectivity index is 1.98. The monoisotopic (exact) mass is 406 g/mol. The van der Waals surface area contributed by atoms with Gasteiger partial charge in [0.25, 0.3) is 17.3 Å². The molecular formula is C21H18N4O5. The summed E-state index contributed by atoms with van der Waals surface area (Å²) < 4.78 is 0. The van der Waals surface area contributed by atoms with E-state index >= 15 is 0 Å². The van der Waals surface area contributed by atoms with E-state index in [1.165, 1.54) is 6.92 Å². The molecule has 0 unspecified atom stereocenters. The summed E-state index contributed by atoms with van der Waals surface area (Å²) in [4.78, 5) is 34.0. The van der Waals surface area contributed by atoms with Gasteiger partial charge in [0.15, 0.2) is 0 Å². The standard InChI is InChI=1S/C21H18N4O5/c1-15-19(12-18(24(27)28)13-20(15)25(29)30)21(26)22-23(17-10-6-3-7-11-17)14-16-8-4-2-5-9-16/h2-13H,14H2,1H3,(H,22,26). The fourth-order valence-electron chi connectivity index (χ4n) is 2.97. The Kier molecular flexibility index (Phi) is 6.02. The molecule has 0 aliphatic heterocycles. The number of anilines is 1. The van der Waals surface area contributed by atoms with E-state index in [2.05, 4.69) is 5.43 Å². The van der Waals surface area contributed by atoms with Crippen molar-refractivity contribution in [3.05, 3.63) is 110 Å². The maximum absolute atomic E-state index is 13.0. The van der Waals surface area contributed by atoms with E-state index in [-0.39, 0.29) is 11.1 Å². The third-order valence-corrected chi connectivity index (χ3v) is 4.51. The molecule has 0 aromatic heterocycles. The molecule has 9 heteroatoms. The molecule has 0 aliphatic carbocycles. The number of amides is 1. The fraction of sp³-hybridized carbons (Fsp3) is 0.0952. The lowest BCUT2D eigenvalue weighted by Gasteiger charge is -2.26. The van der Waals surface area contributed by atoms with Crippen LogP contribution in [0.25, 0.3) is 0 Å². The van der Waals surface area contributed by atoms with E-state index in [1.807, 2.05) is 48.5 Å². The van der Waals surface area contributed by atoms with Gasteiger partial charge in [0.2, 0.25) is 0 Å². The number of benzene rings is 3. The maximum Gasteiger partial charge on any atom is 0.279 e. The molecule has 0 radical (unpaired) electrons. The Morgan fingerprint density at radius 3 is 2.10 bits per heavy atom. The summed E-state index contributed by atoms with van der Waals surface area (Å²) in [5.74, 6) is -0.681. The lowest BCUT2D eigenvalue weighted by molar-refractivity contribution is -0.394. The van der Waals surface area contributed by atoms with E-state index in [9.17, 15) is 25.0 Å². The highest BCUT2D eigenvalue weighted by Gasteiger charge is 2.25. The van der Waals surface area contributed by atoms with Gasteiger partial charge < -0.3 is 0 Å². The molecule has 3 aromatic rings. The van der Waals surface area contributed by atoms with E-state index in [4.69, 9.17) is 0 Å². The van der Waals surface area contributed by atoms with Gasteiger partial charge in [-0.05, 0) is 24.6 Å². The number of rotatable bonds is 7. The van der Waals surface area contributed by atoms with E-state index in [1.54, 1.807) is 17.1 Å². The highest BCUT2D eigenvalue weighted by molar-refractivity contribution is 5.98. The van der Waals surface area contributed by atoms with Gasteiger partial charge in [-0.1, -0.05) is 48.5 Å². The molecule has 30 heavy (non-hydrogen) atoms. The van der Waals surface area contributed by atoms with Crippen molar-refractivity contribution in [3.63, 3.8) is 0 Å². The zero-order valence-electron chi connectivity index (χ0n) is 16.0. The minimum absolute atomic E-state index is 0.0517. The van der Waals surface area contributed by atoms with Gasteiger partial charge >= 0.3 is 0 Å². The molecule has 9 nitrogen and oxygen atoms in total. The second-order valence-corrected chi connectivity index (χ2v) is 6.50. The molecule has 0 aliphatic rings. The van der Waals surface area contributed by atoms with Crippen LogP contribution in [0.15, 0.2) is 72.8 Å². The van der Waals surface area contributed by atoms with Gasteiger partial charge in [0.05, 0.1) is 33.7 Å². The Morgan fingerprint density at radius 2 is 1.53 bits per heavy atom. The van der Waals surface area contributed by atoms with Crippen LogP contribution < -0.4 is 10.4 Å². The van der Waals surface area contributed by atoms with Gasteiger partial charge in [-0.2, -0.15) is 0 Å². The minimum Gasteiger partial charge on any atom is -0.281 e. The van der Waals surface area contributed by atoms with Crippen LogP contribution in [0.4, 0.5) is 17.1 Å². The summed E-state index contributed by atoms with van der Waals surface area (Å²) in [6, 6.07) is 20.3. The number of nitro groups is 2. The van der Waals surface area contributed by atoms with Crippen molar-refractivity contribution in [2.75, 3.05) is 5.01 Å². The first-order valence-electron chi connectivity index (χ1n) is 8.97. The number of para-hydroxylation sites is 1. The van der Waals surface area contributed by atoms with E-state index in [0.717, 1.165) is 17.7 Å². The zero-order valence-corrected chi connectivity index (χ0v) is 16.0. The topological polar surface area (TPSA) is 119 Å². The molecule has 0 spiro atoms. The first-order valence-corrected chi connectivity index (χ1v) is 8.97. The molecular weight excluding hydrogens is 388 g/mol.